The molecule has 1 unspecified atom stereocenters. The smallest absolute Gasteiger partial charge is 0.325 e. The molecule has 1 aromatic heterocycles. The number of urea groups is 1. The molecule has 1 aromatic carbocycles. The van der Waals surface area contributed by atoms with Gasteiger partial charge in [0.1, 0.15) is 11.1 Å². The molecule has 2 heterocycles. The van der Waals surface area contributed by atoms with Gasteiger partial charge in [-0.3, -0.25) is 5.32 Å². The van der Waals surface area contributed by atoms with Crippen LogP contribution >= 0.6 is 22.9 Å². The second-order valence-corrected chi connectivity index (χ2v) is 5.98. The van der Waals surface area contributed by atoms with E-state index in [1.165, 1.54) is 11.3 Å². The van der Waals surface area contributed by atoms with Gasteiger partial charge in [-0.15, -0.1) is 10.2 Å². The molecule has 0 aliphatic carbocycles. The highest BCUT2D eigenvalue weighted by atomic mass is 35.5. The zero-order chi connectivity index (χ0) is 14.7. The molecule has 0 saturated carbocycles. The number of rotatable bonds is 3. The lowest BCUT2D eigenvalue weighted by Gasteiger charge is -2.05. The summed E-state index contributed by atoms with van der Waals surface area (Å²) >= 11 is 7.19. The van der Waals surface area contributed by atoms with Crippen molar-refractivity contribution in [3.8, 4) is 0 Å². The predicted octanol–water partition coefficient (Wildman–Crippen LogP) is 3.69. The van der Waals surface area contributed by atoms with Gasteiger partial charge >= 0.3 is 6.03 Å². The Morgan fingerprint density at radius 2 is 2.29 bits per heavy atom. The van der Waals surface area contributed by atoms with Crippen molar-refractivity contribution in [1.29, 1.82) is 0 Å². The van der Waals surface area contributed by atoms with Gasteiger partial charge in [-0.05, 0) is 31.0 Å². The molecule has 2 aromatic rings. The number of hydrogen-bond acceptors (Lipinski definition) is 5. The highest BCUT2D eigenvalue weighted by molar-refractivity contribution is 7.15. The summed E-state index contributed by atoms with van der Waals surface area (Å²) in [6.07, 6.45) is 1.99. The fourth-order valence-electron chi connectivity index (χ4n) is 2.01. The third-order valence-corrected chi connectivity index (χ3v) is 4.11. The number of aromatic nitrogens is 2. The van der Waals surface area contributed by atoms with Crippen LogP contribution in [0.25, 0.3) is 0 Å². The number of nitrogens with zero attached hydrogens (tertiary/aromatic N) is 2. The number of nitrogens with one attached hydrogen (secondary N) is 2. The van der Waals surface area contributed by atoms with E-state index in [9.17, 15) is 4.79 Å². The molecule has 6 nitrogen and oxygen atoms in total. The molecule has 1 fully saturated rings. The van der Waals surface area contributed by atoms with E-state index in [1.807, 2.05) is 0 Å². The Kier molecular flexibility index (Phi) is 4.33. The molecule has 21 heavy (non-hydrogen) atoms. The van der Waals surface area contributed by atoms with E-state index < -0.39 is 0 Å². The molecule has 1 aliphatic rings. The number of ether oxygens (including phenoxy) is 1. The fourth-order valence-corrected chi connectivity index (χ4v) is 3.03. The number of carbonyl (C=O) groups is 1. The monoisotopic (exact) mass is 324 g/mol. The number of halogens is 1. The average Bonchev–Trinajstić information content (AvgIpc) is 3.08. The van der Waals surface area contributed by atoms with Gasteiger partial charge in [-0.1, -0.05) is 29.0 Å². The van der Waals surface area contributed by atoms with Gasteiger partial charge in [-0.2, -0.15) is 0 Å². The van der Waals surface area contributed by atoms with Crippen LogP contribution in [0, 0.1) is 0 Å². The van der Waals surface area contributed by atoms with Crippen molar-refractivity contribution in [2.24, 2.45) is 0 Å². The zero-order valence-electron chi connectivity index (χ0n) is 11.0. The standard InChI is InChI=1S/C13H13ClN4O2S/c14-8-3-1-4-9(7-8)15-12(19)16-13-18-17-11(21-13)10-5-2-6-20-10/h1,3-4,7,10H,2,5-6H2,(H2,15,16,18,19). The van der Waals surface area contributed by atoms with Gasteiger partial charge in [0.15, 0.2) is 0 Å². The van der Waals surface area contributed by atoms with Crippen molar-refractivity contribution in [3.63, 3.8) is 0 Å². The quantitative estimate of drug-likeness (QED) is 0.902. The Morgan fingerprint density at radius 3 is 3.05 bits per heavy atom. The Hall–Kier alpha value is -1.70. The largest absolute Gasteiger partial charge is 0.371 e. The predicted molar refractivity (Wildman–Crippen MR) is 81.9 cm³/mol. The van der Waals surface area contributed by atoms with Crippen LogP contribution in [-0.4, -0.2) is 22.8 Å². The summed E-state index contributed by atoms with van der Waals surface area (Å²) in [5.41, 5.74) is 0.615. The highest BCUT2D eigenvalue weighted by Crippen LogP contribution is 2.31. The number of anilines is 2. The van der Waals surface area contributed by atoms with Gasteiger partial charge in [0, 0.05) is 17.3 Å². The SMILES string of the molecule is O=C(Nc1cccc(Cl)c1)Nc1nnc(C2CCCO2)s1. The van der Waals surface area contributed by atoms with Crippen LogP contribution in [0.5, 0.6) is 0 Å². The molecule has 2 N–H and O–H groups in total. The second-order valence-electron chi connectivity index (χ2n) is 4.54. The van der Waals surface area contributed by atoms with Crippen LogP contribution in [0.1, 0.15) is 24.0 Å². The normalized spacial score (nSPS) is 17.7. The molecule has 1 saturated heterocycles. The maximum Gasteiger partial charge on any atom is 0.325 e. The summed E-state index contributed by atoms with van der Waals surface area (Å²) in [5, 5.41) is 15.1. The van der Waals surface area contributed by atoms with Crippen LogP contribution in [0.15, 0.2) is 24.3 Å². The van der Waals surface area contributed by atoms with Crippen LogP contribution in [0.4, 0.5) is 15.6 Å². The third kappa shape index (κ3) is 3.69. The van der Waals surface area contributed by atoms with Crippen molar-refractivity contribution in [3.05, 3.63) is 34.3 Å². The first-order valence-electron chi connectivity index (χ1n) is 6.49. The van der Waals surface area contributed by atoms with E-state index in [1.54, 1.807) is 24.3 Å². The van der Waals surface area contributed by atoms with E-state index in [-0.39, 0.29) is 12.1 Å². The maximum absolute atomic E-state index is 11.9. The van der Waals surface area contributed by atoms with Crippen molar-refractivity contribution >= 4 is 39.8 Å². The first-order chi connectivity index (χ1) is 10.2. The molecule has 0 radical (unpaired) electrons. The van der Waals surface area contributed by atoms with E-state index in [4.69, 9.17) is 16.3 Å². The molecule has 8 heteroatoms. The van der Waals surface area contributed by atoms with Crippen molar-refractivity contribution in [1.82, 2.24) is 10.2 Å². The molecule has 1 aliphatic heterocycles. The lowest BCUT2D eigenvalue weighted by Crippen LogP contribution is -2.19. The van der Waals surface area contributed by atoms with Gasteiger partial charge in [0.05, 0.1) is 0 Å². The molecular formula is C13H13ClN4O2S. The fraction of sp³-hybridized carbons (Fsp3) is 0.308. The van der Waals surface area contributed by atoms with E-state index >= 15 is 0 Å². The molecule has 3 rings (SSSR count). The second kappa shape index (κ2) is 6.38. The molecule has 0 spiro atoms. The average molecular weight is 325 g/mol. The first kappa shape index (κ1) is 14.2. The summed E-state index contributed by atoms with van der Waals surface area (Å²) in [5.74, 6) is 0. The molecule has 2 amide bonds. The summed E-state index contributed by atoms with van der Waals surface area (Å²) in [7, 11) is 0. The number of hydrogen-bond donors (Lipinski definition) is 2. The van der Waals surface area contributed by atoms with Crippen molar-refractivity contribution < 1.29 is 9.53 Å². The Morgan fingerprint density at radius 1 is 1.38 bits per heavy atom. The highest BCUT2D eigenvalue weighted by Gasteiger charge is 2.22. The Labute approximate surface area is 130 Å². The van der Waals surface area contributed by atoms with Crippen LogP contribution < -0.4 is 10.6 Å². The van der Waals surface area contributed by atoms with Crippen LogP contribution in [0.2, 0.25) is 5.02 Å². The van der Waals surface area contributed by atoms with Crippen LogP contribution in [0.3, 0.4) is 0 Å². The summed E-state index contributed by atoms with van der Waals surface area (Å²) in [4.78, 5) is 11.9. The maximum atomic E-state index is 11.9. The topological polar surface area (TPSA) is 76.1 Å². The van der Waals surface area contributed by atoms with Gasteiger partial charge in [0.2, 0.25) is 5.13 Å². The van der Waals surface area contributed by atoms with E-state index in [0.29, 0.717) is 15.8 Å². The molecular weight excluding hydrogens is 312 g/mol. The Balaban J connectivity index is 1.59. The third-order valence-electron chi connectivity index (χ3n) is 2.95. The van der Waals surface area contributed by atoms with Crippen molar-refractivity contribution in [2.45, 2.75) is 18.9 Å². The molecule has 0 bridgehead atoms. The first-order valence-corrected chi connectivity index (χ1v) is 7.69. The molecule has 1 atom stereocenters. The summed E-state index contributed by atoms with van der Waals surface area (Å²) in [6, 6.07) is 6.54. The van der Waals surface area contributed by atoms with Crippen LogP contribution in [-0.2, 0) is 4.74 Å². The summed E-state index contributed by atoms with van der Waals surface area (Å²) in [6.45, 7) is 0.752. The number of carbonyl (C=O) groups excluding carboxylic acids is 1. The van der Waals surface area contributed by atoms with Gasteiger partial charge < -0.3 is 10.1 Å². The van der Waals surface area contributed by atoms with E-state index in [2.05, 4.69) is 20.8 Å². The molecule has 110 valence electrons. The minimum atomic E-state index is -0.382. The lowest BCUT2D eigenvalue weighted by molar-refractivity contribution is 0.111. The minimum absolute atomic E-state index is 0.00837. The number of amides is 2. The zero-order valence-corrected chi connectivity index (χ0v) is 12.6. The number of benzene rings is 1. The van der Waals surface area contributed by atoms with Gasteiger partial charge in [0.25, 0.3) is 0 Å². The van der Waals surface area contributed by atoms with Gasteiger partial charge in [-0.25, -0.2) is 4.79 Å². The Bertz CT molecular complexity index is 643. The lowest BCUT2D eigenvalue weighted by atomic mass is 10.2. The summed E-state index contributed by atoms with van der Waals surface area (Å²) < 4.78 is 5.53. The van der Waals surface area contributed by atoms with Crippen molar-refractivity contribution in [2.75, 3.05) is 17.2 Å². The van der Waals surface area contributed by atoms with E-state index in [0.717, 1.165) is 24.5 Å². The minimum Gasteiger partial charge on any atom is -0.371 e.